The average Bonchev–Trinajstić information content (AvgIpc) is 2.88. The first-order valence-corrected chi connectivity index (χ1v) is 12.4. The highest BCUT2D eigenvalue weighted by Crippen LogP contribution is 2.49. The van der Waals surface area contributed by atoms with Crippen LogP contribution in [0.25, 0.3) is 0 Å². The van der Waals surface area contributed by atoms with E-state index in [1.165, 1.54) is 23.9 Å². The molecule has 0 saturated heterocycles. The molecule has 1 N–H and O–H groups in total. The Labute approximate surface area is 210 Å². The van der Waals surface area contributed by atoms with Crippen molar-refractivity contribution < 1.29 is 27.8 Å². The number of thioether (sulfide) groups is 1. The van der Waals surface area contributed by atoms with Crippen LogP contribution >= 0.6 is 11.8 Å². The van der Waals surface area contributed by atoms with Crippen LogP contribution in [0.2, 0.25) is 0 Å². The Bertz CT molecular complexity index is 1120. The Morgan fingerprint density at radius 1 is 0.917 bits per heavy atom. The summed E-state index contributed by atoms with van der Waals surface area (Å²) in [5.41, 5.74) is 1.89. The van der Waals surface area contributed by atoms with E-state index < -0.39 is 12.5 Å². The van der Waals surface area contributed by atoms with E-state index in [0.717, 1.165) is 47.0 Å². The highest BCUT2D eigenvalue weighted by atomic mass is 32.2. The summed E-state index contributed by atoms with van der Waals surface area (Å²) in [5, 5.41) is 11.4. The van der Waals surface area contributed by atoms with Crippen molar-refractivity contribution in [3.63, 3.8) is 0 Å². The van der Waals surface area contributed by atoms with Crippen LogP contribution in [0.5, 0.6) is 17.2 Å². The minimum Gasteiger partial charge on any atom is -0.453 e. The molecule has 0 aromatic heterocycles. The standard InChI is InChI=1S/C26H24F3NO3S.O2/c27-26(28,29)33-18-12-14-19(15-13-18)34-16-17-6-5-9-22(25(17)31)30-20-7-1-3-10-23(20)32-24-11-4-2-8-21(24)30;1-2/h1-4,7-8,10-15,17,22,25,31H,5-6,9,16H2;. The van der Waals surface area contributed by atoms with Gasteiger partial charge in [-0.25, -0.2) is 0 Å². The average molecular weight is 520 g/mol. The molecule has 0 bridgehead atoms. The SMILES string of the molecule is O=O.OC1C(CSc2ccc(OC(F)(F)F)cc2)CCCC1N1c2ccccc2Oc2ccccc21. The van der Waals surface area contributed by atoms with Crippen LogP contribution in [0.15, 0.2) is 77.7 Å². The number of para-hydroxylation sites is 4. The van der Waals surface area contributed by atoms with Crippen molar-refractivity contribution in [3.8, 4) is 17.2 Å². The van der Waals surface area contributed by atoms with E-state index in [0.29, 0.717) is 5.75 Å². The summed E-state index contributed by atoms with van der Waals surface area (Å²) in [5.74, 6) is 2.03. The summed E-state index contributed by atoms with van der Waals surface area (Å²) in [4.78, 5) is 17.0. The van der Waals surface area contributed by atoms with Crippen molar-refractivity contribution in [1.82, 2.24) is 0 Å². The molecule has 0 radical (unpaired) electrons. The van der Waals surface area contributed by atoms with E-state index in [9.17, 15) is 18.3 Å². The molecule has 2 aliphatic rings. The van der Waals surface area contributed by atoms with E-state index in [1.807, 2.05) is 48.5 Å². The van der Waals surface area contributed by atoms with Gasteiger partial charge in [0.15, 0.2) is 11.5 Å². The van der Waals surface area contributed by atoms with Crippen molar-refractivity contribution in [2.24, 2.45) is 5.92 Å². The number of hydrogen-bond donors (Lipinski definition) is 1. The number of nitrogens with zero attached hydrogens (tertiary/aromatic N) is 1. The first kappa shape index (κ1) is 25.8. The number of alkyl halides is 3. The second-order valence-electron chi connectivity index (χ2n) is 8.49. The highest BCUT2D eigenvalue weighted by Gasteiger charge is 2.39. The van der Waals surface area contributed by atoms with Crippen LogP contribution < -0.4 is 14.4 Å². The molecule has 3 aromatic rings. The Balaban J connectivity index is 0.00000148. The van der Waals surface area contributed by atoms with Crippen molar-refractivity contribution >= 4 is 23.1 Å². The topological polar surface area (TPSA) is 76.1 Å². The zero-order valence-electron chi connectivity index (χ0n) is 19.1. The van der Waals surface area contributed by atoms with Crippen LogP contribution in [-0.2, 0) is 0 Å². The predicted molar refractivity (Wildman–Crippen MR) is 133 cm³/mol. The second-order valence-corrected chi connectivity index (χ2v) is 9.58. The molecular weight excluding hydrogens is 495 g/mol. The smallest absolute Gasteiger partial charge is 0.453 e. The number of hydrogen-bond acceptors (Lipinski definition) is 7. The Morgan fingerprint density at radius 3 is 2.08 bits per heavy atom. The van der Waals surface area contributed by atoms with Gasteiger partial charge >= 0.3 is 6.36 Å². The van der Waals surface area contributed by atoms with Crippen LogP contribution in [-0.4, -0.2) is 29.4 Å². The van der Waals surface area contributed by atoms with Gasteiger partial charge in [0, 0.05) is 20.6 Å². The predicted octanol–water partition coefficient (Wildman–Crippen LogP) is 7.22. The molecule has 6 nitrogen and oxygen atoms in total. The molecular formula is C26H24F3NO5S. The number of aliphatic hydroxyl groups is 1. The molecule has 1 aliphatic carbocycles. The van der Waals surface area contributed by atoms with Gasteiger partial charge < -0.3 is 19.5 Å². The zero-order chi connectivity index (χ0) is 25.7. The number of ether oxygens (including phenoxy) is 2. The minimum absolute atomic E-state index is 0.0528. The van der Waals surface area contributed by atoms with Gasteiger partial charge in [-0.3, -0.25) is 0 Å². The van der Waals surface area contributed by atoms with Gasteiger partial charge in [-0.2, -0.15) is 0 Å². The van der Waals surface area contributed by atoms with Crippen molar-refractivity contribution in [3.05, 3.63) is 82.7 Å². The molecule has 10 heteroatoms. The Morgan fingerprint density at radius 2 is 1.50 bits per heavy atom. The summed E-state index contributed by atoms with van der Waals surface area (Å²) in [6, 6.07) is 21.5. The van der Waals surface area contributed by atoms with E-state index >= 15 is 0 Å². The molecule has 3 unspecified atom stereocenters. The maximum Gasteiger partial charge on any atom is 0.573 e. The summed E-state index contributed by atoms with van der Waals surface area (Å²) >= 11 is 1.54. The number of fused-ring (bicyclic) bond motifs is 2. The molecule has 0 spiro atoms. The third kappa shape index (κ3) is 5.76. The molecule has 36 heavy (non-hydrogen) atoms. The van der Waals surface area contributed by atoms with Gasteiger partial charge in [-0.05, 0) is 67.3 Å². The van der Waals surface area contributed by atoms with Crippen molar-refractivity contribution in [2.75, 3.05) is 10.7 Å². The normalized spacial score (nSPS) is 20.8. The number of halogens is 3. The fraction of sp³-hybridized carbons (Fsp3) is 0.308. The number of aliphatic hydroxyl groups excluding tert-OH is 1. The van der Waals surface area contributed by atoms with Gasteiger partial charge in [0.05, 0.1) is 23.5 Å². The van der Waals surface area contributed by atoms with Gasteiger partial charge in [0.2, 0.25) is 0 Å². The highest BCUT2D eigenvalue weighted by molar-refractivity contribution is 7.99. The van der Waals surface area contributed by atoms with Gasteiger partial charge in [0.25, 0.3) is 0 Å². The van der Waals surface area contributed by atoms with E-state index in [1.54, 1.807) is 12.1 Å². The second kappa shape index (κ2) is 11.2. The summed E-state index contributed by atoms with van der Waals surface area (Å²) < 4.78 is 47.2. The van der Waals surface area contributed by atoms with Crippen molar-refractivity contribution in [1.29, 1.82) is 0 Å². The quantitative estimate of drug-likeness (QED) is 0.357. The monoisotopic (exact) mass is 519 g/mol. The molecule has 1 aliphatic heterocycles. The van der Waals surface area contributed by atoms with Crippen LogP contribution in [0.3, 0.4) is 0 Å². The number of anilines is 2. The van der Waals surface area contributed by atoms with Gasteiger partial charge in [-0.1, -0.05) is 30.7 Å². The first-order chi connectivity index (χ1) is 17.4. The lowest BCUT2D eigenvalue weighted by atomic mass is 9.82. The van der Waals surface area contributed by atoms with E-state index in [-0.39, 0.29) is 17.7 Å². The third-order valence-electron chi connectivity index (χ3n) is 6.27. The lowest BCUT2D eigenvalue weighted by Gasteiger charge is -2.44. The van der Waals surface area contributed by atoms with E-state index in [2.05, 4.69) is 9.64 Å². The van der Waals surface area contributed by atoms with Crippen molar-refractivity contribution in [2.45, 2.75) is 42.7 Å². The zero-order valence-corrected chi connectivity index (χ0v) is 19.9. The maximum absolute atomic E-state index is 12.4. The lowest BCUT2D eigenvalue weighted by molar-refractivity contribution is -0.274. The molecule has 5 rings (SSSR count). The summed E-state index contributed by atoms with van der Waals surface area (Å²) in [6.07, 6.45) is -2.53. The molecule has 3 aromatic carbocycles. The fourth-order valence-corrected chi connectivity index (χ4v) is 5.84. The van der Waals surface area contributed by atoms with E-state index in [4.69, 9.17) is 14.7 Å². The molecule has 1 saturated carbocycles. The molecule has 190 valence electrons. The summed E-state index contributed by atoms with van der Waals surface area (Å²) in [6.45, 7) is 0. The van der Waals surface area contributed by atoms with Crippen LogP contribution in [0.1, 0.15) is 19.3 Å². The Hall–Kier alpha value is -3.24. The molecule has 1 heterocycles. The maximum atomic E-state index is 12.4. The van der Waals surface area contributed by atoms with Gasteiger partial charge in [-0.15, -0.1) is 24.9 Å². The molecule has 3 atom stereocenters. The van der Waals surface area contributed by atoms with Crippen LogP contribution in [0, 0.1) is 15.8 Å². The fourth-order valence-electron chi connectivity index (χ4n) is 4.74. The number of rotatable bonds is 5. The third-order valence-corrected chi connectivity index (χ3v) is 7.47. The molecule has 0 amide bonds. The lowest BCUT2D eigenvalue weighted by Crippen LogP contribution is -2.48. The van der Waals surface area contributed by atoms with Gasteiger partial charge in [0.1, 0.15) is 5.75 Å². The largest absolute Gasteiger partial charge is 0.573 e. The Kier molecular flexibility index (Phi) is 8.05. The first-order valence-electron chi connectivity index (χ1n) is 11.4. The number of benzene rings is 3. The summed E-state index contributed by atoms with van der Waals surface area (Å²) in [7, 11) is 0. The molecule has 1 fully saturated rings. The minimum atomic E-state index is -4.70. The van der Waals surface area contributed by atoms with Crippen LogP contribution in [0.4, 0.5) is 24.5 Å².